The maximum atomic E-state index is 13.8. The van der Waals surface area contributed by atoms with Gasteiger partial charge in [0.25, 0.3) is 10.0 Å². The summed E-state index contributed by atoms with van der Waals surface area (Å²) in [5, 5.41) is 3.11. The largest absolute Gasteiger partial charge is 0.326 e. The molecule has 0 fully saturated rings. The molecule has 0 bridgehead atoms. The fourth-order valence-electron chi connectivity index (χ4n) is 4.30. The van der Waals surface area contributed by atoms with Crippen molar-refractivity contribution < 1.29 is 13.2 Å². The van der Waals surface area contributed by atoms with E-state index in [0.717, 1.165) is 38.8 Å². The number of sulfonamides is 1. The van der Waals surface area contributed by atoms with Gasteiger partial charge in [-0.15, -0.1) is 0 Å². The molecule has 37 heavy (non-hydrogen) atoms. The zero-order valence-electron chi connectivity index (χ0n) is 22.5. The Morgan fingerprint density at radius 1 is 0.946 bits per heavy atom. The molecule has 0 unspecified atom stereocenters. The standard InChI is InChI=1S/C30H37BrN2O3S/c1-7-23-11-14-25(15-12-23)37(35,36)33(24-13-16-28(31)22(6)19-24)18-17-29(34)32-30-26(20(2)3)9-8-10-27(30)21(4)5/h8-16,19-21H,7,17-18H2,1-6H3,(H,32,34). The number of aryl methyl sites for hydroxylation is 2. The summed E-state index contributed by atoms with van der Waals surface area (Å²) in [7, 11) is -3.88. The smallest absolute Gasteiger partial charge is 0.264 e. The molecule has 0 aliphatic heterocycles. The van der Waals surface area contributed by atoms with E-state index in [0.29, 0.717) is 5.69 Å². The Bertz CT molecular complexity index is 1320. The lowest BCUT2D eigenvalue weighted by Gasteiger charge is -2.26. The number of hydrogen-bond donors (Lipinski definition) is 1. The molecule has 0 heterocycles. The van der Waals surface area contributed by atoms with Gasteiger partial charge >= 0.3 is 0 Å². The first kappa shape index (κ1) is 28.9. The van der Waals surface area contributed by atoms with Crippen LogP contribution in [0.25, 0.3) is 0 Å². The molecule has 3 rings (SSSR count). The second-order valence-electron chi connectivity index (χ2n) is 9.93. The quantitative estimate of drug-likeness (QED) is 0.264. The second kappa shape index (κ2) is 12.3. The van der Waals surface area contributed by atoms with Gasteiger partial charge < -0.3 is 5.32 Å². The number of benzene rings is 3. The molecular weight excluding hydrogens is 548 g/mol. The highest BCUT2D eigenvalue weighted by molar-refractivity contribution is 9.10. The number of para-hydroxylation sites is 1. The Kier molecular flexibility index (Phi) is 9.59. The minimum atomic E-state index is -3.88. The highest BCUT2D eigenvalue weighted by Gasteiger charge is 2.26. The summed E-state index contributed by atoms with van der Waals surface area (Å²) in [5.41, 5.74) is 5.48. The normalized spacial score (nSPS) is 11.7. The molecule has 0 atom stereocenters. The number of amides is 1. The van der Waals surface area contributed by atoms with E-state index >= 15 is 0 Å². The molecule has 0 spiro atoms. The maximum Gasteiger partial charge on any atom is 0.264 e. The van der Waals surface area contributed by atoms with E-state index in [-0.39, 0.29) is 35.6 Å². The van der Waals surface area contributed by atoms with Gasteiger partial charge in [0.2, 0.25) is 5.91 Å². The lowest BCUT2D eigenvalue weighted by Crippen LogP contribution is -2.34. The minimum absolute atomic E-state index is 0.0192. The van der Waals surface area contributed by atoms with E-state index in [4.69, 9.17) is 0 Å². The summed E-state index contributed by atoms with van der Waals surface area (Å²) < 4.78 is 29.8. The Balaban J connectivity index is 1.93. The average Bonchev–Trinajstić information content (AvgIpc) is 2.86. The van der Waals surface area contributed by atoms with Crippen LogP contribution in [0.15, 0.2) is 70.0 Å². The van der Waals surface area contributed by atoms with Crippen LogP contribution in [-0.4, -0.2) is 20.9 Å². The fraction of sp³-hybridized carbons (Fsp3) is 0.367. The van der Waals surface area contributed by atoms with Crippen LogP contribution in [0.1, 0.15) is 75.1 Å². The summed E-state index contributed by atoms with van der Waals surface area (Å²) in [6, 6.07) is 18.5. The molecule has 0 aliphatic rings. The number of halogens is 1. The number of rotatable bonds is 10. The minimum Gasteiger partial charge on any atom is -0.326 e. The predicted octanol–water partition coefficient (Wildman–Crippen LogP) is 7.79. The Labute approximate surface area is 230 Å². The van der Waals surface area contributed by atoms with Gasteiger partial charge in [-0.05, 0) is 77.8 Å². The van der Waals surface area contributed by atoms with Crippen molar-refractivity contribution in [3.05, 3.63) is 87.4 Å². The molecule has 0 aromatic heterocycles. The summed E-state index contributed by atoms with van der Waals surface area (Å²) in [5.74, 6) is 0.260. The first-order valence-corrected chi connectivity index (χ1v) is 15.0. The molecule has 198 valence electrons. The Morgan fingerprint density at radius 2 is 1.54 bits per heavy atom. The van der Waals surface area contributed by atoms with Crippen molar-refractivity contribution in [2.45, 2.75) is 71.1 Å². The molecule has 3 aromatic carbocycles. The van der Waals surface area contributed by atoms with Crippen LogP contribution in [0.4, 0.5) is 11.4 Å². The summed E-state index contributed by atoms with van der Waals surface area (Å²) in [6.07, 6.45) is 0.845. The van der Waals surface area contributed by atoms with Gasteiger partial charge in [0.05, 0.1) is 10.6 Å². The molecule has 0 aliphatic carbocycles. The predicted molar refractivity (Wildman–Crippen MR) is 157 cm³/mol. The third-order valence-corrected chi connectivity index (χ3v) is 9.26. The molecule has 1 amide bonds. The van der Waals surface area contributed by atoms with Gasteiger partial charge in [0.15, 0.2) is 0 Å². The first-order valence-electron chi connectivity index (χ1n) is 12.8. The van der Waals surface area contributed by atoms with E-state index < -0.39 is 10.0 Å². The molecule has 1 N–H and O–H groups in total. The molecule has 0 radical (unpaired) electrons. The van der Waals surface area contributed by atoms with Crippen LogP contribution in [0.3, 0.4) is 0 Å². The van der Waals surface area contributed by atoms with Crippen molar-refractivity contribution in [3.8, 4) is 0 Å². The van der Waals surface area contributed by atoms with Gasteiger partial charge in [-0.3, -0.25) is 9.10 Å². The van der Waals surface area contributed by atoms with Crippen LogP contribution >= 0.6 is 15.9 Å². The SMILES string of the molecule is CCc1ccc(S(=O)(=O)N(CCC(=O)Nc2c(C(C)C)cccc2C(C)C)c2ccc(Br)c(C)c2)cc1. The van der Waals surface area contributed by atoms with E-state index in [9.17, 15) is 13.2 Å². The van der Waals surface area contributed by atoms with Crippen molar-refractivity contribution >= 4 is 43.2 Å². The number of anilines is 2. The zero-order chi connectivity index (χ0) is 27.3. The molecule has 0 saturated carbocycles. The number of carbonyl (C=O) groups excluding carboxylic acids is 1. The summed E-state index contributed by atoms with van der Waals surface area (Å²) >= 11 is 3.49. The van der Waals surface area contributed by atoms with Crippen molar-refractivity contribution in [1.29, 1.82) is 0 Å². The fourth-order valence-corrected chi connectivity index (χ4v) is 6.00. The van der Waals surface area contributed by atoms with Gasteiger partial charge in [-0.2, -0.15) is 0 Å². The van der Waals surface area contributed by atoms with E-state index in [1.807, 2.05) is 56.3 Å². The third-order valence-electron chi connectivity index (χ3n) is 6.53. The first-order chi connectivity index (χ1) is 17.4. The monoisotopic (exact) mass is 584 g/mol. The highest BCUT2D eigenvalue weighted by Crippen LogP contribution is 2.33. The van der Waals surface area contributed by atoms with Crippen molar-refractivity contribution in [3.63, 3.8) is 0 Å². The lowest BCUT2D eigenvalue weighted by molar-refractivity contribution is -0.116. The summed E-state index contributed by atoms with van der Waals surface area (Å²) in [4.78, 5) is 13.4. The van der Waals surface area contributed by atoms with Crippen LogP contribution in [0.5, 0.6) is 0 Å². The van der Waals surface area contributed by atoms with E-state index in [1.54, 1.807) is 18.2 Å². The number of carbonyl (C=O) groups is 1. The lowest BCUT2D eigenvalue weighted by atomic mass is 9.92. The van der Waals surface area contributed by atoms with Gasteiger partial charge in [0, 0.05) is 23.1 Å². The van der Waals surface area contributed by atoms with Crippen molar-refractivity contribution in [2.75, 3.05) is 16.2 Å². The second-order valence-corrected chi connectivity index (χ2v) is 12.6. The molecule has 3 aromatic rings. The summed E-state index contributed by atoms with van der Waals surface area (Å²) in [6.45, 7) is 12.4. The third kappa shape index (κ3) is 6.82. The maximum absolute atomic E-state index is 13.8. The Morgan fingerprint density at radius 3 is 2.05 bits per heavy atom. The van der Waals surface area contributed by atoms with Gasteiger partial charge in [-0.25, -0.2) is 8.42 Å². The van der Waals surface area contributed by atoms with Gasteiger partial charge in [0.1, 0.15) is 0 Å². The van der Waals surface area contributed by atoms with Crippen LogP contribution < -0.4 is 9.62 Å². The molecule has 7 heteroatoms. The molecular formula is C30H37BrN2O3S. The number of nitrogens with zero attached hydrogens (tertiary/aromatic N) is 1. The van der Waals surface area contributed by atoms with Crippen molar-refractivity contribution in [2.24, 2.45) is 0 Å². The Hall–Kier alpha value is -2.64. The topological polar surface area (TPSA) is 66.5 Å². The average molecular weight is 586 g/mol. The van der Waals surface area contributed by atoms with Crippen molar-refractivity contribution in [1.82, 2.24) is 0 Å². The number of hydrogen-bond acceptors (Lipinski definition) is 3. The number of nitrogens with one attached hydrogen (secondary N) is 1. The van der Waals surface area contributed by atoms with E-state index in [1.165, 1.54) is 4.31 Å². The van der Waals surface area contributed by atoms with Crippen LogP contribution in [0, 0.1) is 6.92 Å². The zero-order valence-corrected chi connectivity index (χ0v) is 24.9. The van der Waals surface area contributed by atoms with E-state index in [2.05, 4.69) is 48.9 Å². The van der Waals surface area contributed by atoms with Gasteiger partial charge in [-0.1, -0.05) is 80.9 Å². The molecule has 5 nitrogen and oxygen atoms in total. The highest BCUT2D eigenvalue weighted by atomic mass is 79.9. The van der Waals surface area contributed by atoms with Crippen LogP contribution in [0.2, 0.25) is 0 Å². The molecule has 0 saturated heterocycles. The van der Waals surface area contributed by atoms with Crippen LogP contribution in [-0.2, 0) is 21.2 Å².